The Bertz CT molecular complexity index is 824. The average Bonchev–Trinajstić information content (AvgIpc) is 2.63. The topological polar surface area (TPSA) is 317 Å². The first-order valence-electron chi connectivity index (χ1n) is 8.55. The van der Waals surface area contributed by atoms with Crippen LogP contribution in [-0.4, -0.2) is 112 Å². The van der Waals surface area contributed by atoms with Gasteiger partial charge >= 0.3 is 210 Å². The van der Waals surface area contributed by atoms with E-state index in [9.17, 15) is 48.6 Å². The van der Waals surface area contributed by atoms with E-state index in [1.807, 2.05) is 0 Å². The van der Waals surface area contributed by atoms with Crippen molar-refractivity contribution in [1.82, 2.24) is 0 Å². The van der Waals surface area contributed by atoms with Crippen molar-refractivity contribution in [2.24, 2.45) is 0 Å². The first kappa shape index (κ1) is 48.7. The SMILES string of the molecule is O=C(O)CC(CC(=O)O)(OC(=O)C(O)C(O)C(=O)OC(CC(=O)O)(CC(=O)O)C(=O)O)C(=O)O.[H-].[H-].[H-].[H-].[K+].[K+].[Na+].[Na+]. The van der Waals surface area contributed by atoms with Crippen LogP contribution in [0.25, 0.3) is 0 Å². The molecule has 0 aromatic heterocycles. The Morgan fingerprint density at radius 1 is 0.526 bits per heavy atom. The number of carbonyl (C=O) groups is 8. The summed E-state index contributed by atoms with van der Waals surface area (Å²) in [5, 5.41) is 73.1. The van der Waals surface area contributed by atoms with E-state index in [1.165, 1.54) is 0 Å². The summed E-state index contributed by atoms with van der Waals surface area (Å²) in [5.41, 5.74) is -6.65. The van der Waals surface area contributed by atoms with Gasteiger partial charge in [-0.3, -0.25) is 19.2 Å². The Morgan fingerprint density at radius 3 is 0.842 bits per heavy atom. The molecule has 2 atom stereocenters. The van der Waals surface area contributed by atoms with Crippen molar-refractivity contribution in [3.63, 3.8) is 0 Å². The van der Waals surface area contributed by atoms with Crippen molar-refractivity contribution < 1.29 is 256 Å². The second-order valence-electron chi connectivity index (χ2n) is 6.61. The summed E-state index contributed by atoms with van der Waals surface area (Å²) in [4.78, 5) is 90.5. The number of aliphatic hydroxyl groups excluding tert-OH is 2. The van der Waals surface area contributed by atoms with Gasteiger partial charge in [0.1, 0.15) is 0 Å². The molecule has 0 heterocycles. The second-order valence-corrected chi connectivity index (χ2v) is 6.61. The van der Waals surface area contributed by atoms with E-state index in [0.717, 1.165) is 0 Å². The van der Waals surface area contributed by atoms with E-state index >= 15 is 0 Å². The fourth-order valence-electron chi connectivity index (χ4n) is 2.40. The van der Waals surface area contributed by atoms with E-state index in [1.54, 1.807) is 0 Å². The molecule has 0 aromatic rings. The quantitative estimate of drug-likeness (QED) is 0.0617. The fourth-order valence-corrected chi connectivity index (χ4v) is 2.40. The van der Waals surface area contributed by atoms with E-state index in [-0.39, 0.29) is 168 Å². The molecule has 22 heteroatoms. The first-order chi connectivity index (χ1) is 15.4. The summed E-state index contributed by atoms with van der Waals surface area (Å²) in [6, 6.07) is 0. The van der Waals surface area contributed by atoms with Crippen molar-refractivity contribution in [1.29, 1.82) is 0 Å². The molecule has 0 saturated carbocycles. The third-order valence-corrected chi connectivity index (χ3v) is 3.90. The average molecular weight is 627 g/mol. The smallest absolute Gasteiger partial charge is 1.00 e. The van der Waals surface area contributed by atoms with Crippen LogP contribution in [-0.2, 0) is 47.8 Å². The number of carboxylic acid groups (broad SMARTS) is 6. The van der Waals surface area contributed by atoms with E-state index < -0.39 is 96.8 Å². The van der Waals surface area contributed by atoms with E-state index in [0.29, 0.717) is 0 Å². The van der Waals surface area contributed by atoms with Crippen molar-refractivity contribution in [3.05, 3.63) is 0 Å². The van der Waals surface area contributed by atoms with Gasteiger partial charge < -0.3 is 56.0 Å². The molecular formula is C16H22K2Na2O18. The molecule has 0 spiro atoms. The summed E-state index contributed by atoms with van der Waals surface area (Å²) in [7, 11) is 0. The minimum Gasteiger partial charge on any atom is -1.00 e. The van der Waals surface area contributed by atoms with Crippen LogP contribution in [0.15, 0.2) is 0 Å². The van der Waals surface area contributed by atoms with Crippen LogP contribution in [0.2, 0.25) is 0 Å². The number of aliphatic hydroxyl groups is 2. The monoisotopic (exact) mass is 626 g/mol. The number of hydrogen-bond donors (Lipinski definition) is 8. The van der Waals surface area contributed by atoms with Crippen molar-refractivity contribution in [3.8, 4) is 0 Å². The van der Waals surface area contributed by atoms with Gasteiger partial charge in [0, 0.05) is 0 Å². The standard InChI is InChI=1S/C16H18O18.2K.2Na.4H/c17-5(18)1-15(13(29)30,2-6(19)20)33-11(27)9(25)10(26)12(28)34-16(14(31)32,3-7(21)22)4-8(23)24;;;;;;;;/h9-10,25-26H,1-4H2,(H,17,18)(H,19,20)(H,21,22)(H,23,24)(H,29,30)(H,31,32);;;;;;;;/q;4*+1;4*-1. The summed E-state index contributed by atoms with van der Waals surface area (Å²) >= 11 is 0. The van der Waals surface area contributed by atoms with Gasteiger partial charge in [-0.05, 0) is 0 Å². The van der Waals surface area contributed by atoms with E-state index in [4.69, 9.17) is 30.6 Å². The summed E-state index contributed by atoms with van der Waals surface area (Å²) < 4.78 is 8.48. The minimum absolute atomic E-state index is 0. The number of hydrogen-bond acceptors (Lipinski definition) is 12. The van der Waals surface area contributed by atoms with Gasteiger partial charge in [-0.15, -0.1) is 0 Å². The Hall–Kier alpha value is 0.953. The molecule has 0 amide bonds. The Balaban J connectivity index is -0.000000194. The predicted octanol–water partition coefficient (Wildman–Crippen LogP) is -15.2. The Morgan fingerprint density at radius 2 is 0.711 bits per heavy atom. The summed E-state index contributed by atoms with van der Waals surface area (Å²) in [5.74, 6) is -17.0. The Kier molecular flexibility index (Phi) is 27.7. The molecule has 0 saturated heterocycles. The largest absolute Gasteiger partial charge is 1.00 e. The van der Waals surface area contributed by atoms with Gasteiger partial charge in [-0.1, -0.05) is 0 Å². The maximum Gasteiger partial charge on any atom is 1.00 e. The first-order valence-corrected chi connectivity index (χ1v) is 8.55. The van der Waals surface area contributed by atoms with Gasteiger partial charge in [-0.2, -0.15) is 0 Å². The molecule has 198 valence electrons. The zero-order valence-electron chi connectivity index (χ0n) is 24.6. The number of carbonyl (C=O) groups excluding carboxylic acids is 2. The molecule has 2 unspecified atom stereocenters. The van der Waals surface area contributed by atoms with Gasteiger partial charge in [0.2, 0.25) is 11.2 Å². The molecule has 0 aromatic carbocycles. The fraction of sp³-hybridized carbons (Fsp3) is 0.500. The number of rotatable bonds is 15. The molecule has 18 nitrogen and oxygen atoms in total. The molecule has 0 aliphatic heterocycles. The third kappa shape index (κ3) is 15.8. The van der Waals surface area contributed by atoms with Crippen molar-refractivity contribution >= 4 is 47.8 Å². The van der Waals surface area contributed by atoms with Crippen LogP contribution in [0.1, 0.15) is 31.4 Å². The maximum absolute atomic E-state index is 12.0. The molecular weight excluding hydrogens is 604 g/mol. The number of aliphatic carboxylic acids is 6. The maximum atomic E-state index is 12.0. The summed E-state index contributed by atoms with van der Waals surface area (Å²) in [6.07, 6.45) is -12.9. The molecule has 0 fully saturated rings. The molecule has 0 bridgehead atoms. The normalized spacial score (nSPS) is 11.7. The van der Waals surface area contributed by atoms with Crippen LogP contribution in [0.3, 0.4) is 0 Å². The molecule has 0 aliphatic rings. The second kappa shape index (κ2) is 21.6. The zero-order chi connectivity index (χ0) is 27.0. The molecule has 8 N–H and O–H groups in total. The van der Waals surface area contributed by atoms with Crippen LogP contribution in [0.5, 0.6) is 0 Å². The van der Waals surface area contributed by atoms with Crippen LogP contribution in [0, 0.1) is 0 Å². The van der Waals surface area contributed by atoms with Crippen molar-refractivity contribution in [2.75, 3.05) is 0 Å². The van der Waals surface area contributed by atoms with Gasteiger partial charge in [0.25, 0.3) is 0 Å². The number of carboxylic acids is 6. The van der Waals surface area contributed by atoms with E-state index in [2.05, 4.69) is 9.47 Å². The number of esters is 2. The molecule has 0 radical (unpaired) electrons. The van der Waals surface area contributed by atoms with Gasteiger partial charge in [0.15, 0.2) is 12.2 Å². The molecule has 38 heavy (non-hydrogen) atoms. The van der Waals surface area contributed by atoms with Crippen LogP contribution < -0.4 is 162 Å². The van der Waals surface area contributed by atoms with Gasteiger partial charge in [0.05, 0.1) is 25.7 Å². The molecule has 0 rings (SSSR count). The van der Waals surface area contributed by atoms with Crippen molar-refractivity contribution in [2.45, 2.75) is 49.1 Å². The van der Waals surface area contributed by atoms with Crippen LogP contribution >= 0.6 is 0 Å². The number of ether oxygens (including phenoxy) is 2. The minimum atomic E-state index is -3.32. The zero-order valence-corrected chi connectivity index (χ0v) is 30.9. The van der Waals surface area contributed by atoms with Crippen LogP contribution in [0.4, 0.5) is 0 Å². The predicted molar refractivity (Wildman–Crippen MR) is 98.4 cm³/mol. The van der Waals surface area contributed by atoms with Gasteiger partial charge in [-0.25, -0.2) is 19.2 Å². The summed E-state index contributed by atoms with van der Waals surface area (Å²) in [6.45, 7) is 0. The Labute approximate surface area is 347 Å². The molecule has 0 aliphatic carbocycles. The third-order valence-electron chi connectivity index (χ3n) is 3.90.